The molecule has 0 fully saturated rings. The van der Waals surface area contributed by atoms with Gasteiger partial charge in [-0.15, -0.1) is 0 Å². The van der Waals surface area contributed by atoms with Crippen molar-refractivity contribution in [2.45, 2.75) is 34.3 Å². The summed E-state index contributed by atoms with van der Waals surface area (Å²) in [6, 6.07) is 20.1. The smallest absolute Gasteiger partial charge is 0.394 e. The third-order valence-electron chi connectivity index (χ3n) is 5.33. The number of rotatable bonds is 8. The fraction of sp³-hybridized carbons (Fsp3) is 0.200. The molecular formula is C25H25N2O6P. The number of hydrogen-bond acceptors (Lipinski definition) is 7. The van der Waals surface area contributed by atoms with Crippen molar-refractivity contribution in [1.29, 1.82) is 0 Å². The van der Waals surface area contributed by atoms with Gasteiger partial charge < -0.3 is 14.3 Å². The molecule has 4 rings (SSSR count). The molecule has 9 heteroatoms. The molecule has 8 nitrogen and oxygen atoms in total. The molecule has 0 spiro atoms. The van der Waals surface area contributed by atoms with Gasteiger partial charge in [0.05, 0.1) is 0 Å². The minimum atomic E-state index is -4.26. The molecule has 4 aromatic rings. The molecule has 0 bridgehead atoms. The number of aromatic nitrogens is 2. The Labute approximate surface area is 197 Å². The van der Waals surface area contributed by atoms with Crippen LogP contribution >= 0.6 is 7.82 Å². The fourth-order valence-electron chi connectivity index (χ4n) is 3.52. The molecule has 34 heavy (non-hydrogen) atoms. The molecule has 0 atom stereocenters. The number of phosphoric acid groups is 1. The van der Waals surface area contributed by atoms with Gasteiger partial charge in [-0.3, -0.25) is 9.15 Å². The lowest BCUT2D eigenvalue weighted by Crippen LogP contribution is -2.28. The van der Waals surface area contributed by atoms with Crippen molar-refractivity contribution in [1.82, 2.24) is 5.16 Å². The van der Waals surface area contributed by atoms with E-state index in [0.29, 0.717) is 17.1 Å². The first-order valence-electron chi connectivity index (χ1n) is 10.7. The Morgan fingerprint density at radius 2 is 1.32 bits per heavy atom. The second kappa shape index (κ2) is 9.71. The van der Waals surface area contributed by atoms with Crippen LogP contribution in [0.5, 0.6) is 11.5 Å². The van der Waals surface area contributed by atoms with E-state index in [-0.39, 0.29) is 16.3 Å². The highest BCUT2D eigenvalue weighted by Crippen LogP contribution is 2.52. The Kier molecular flexibility index (Phi) is 6.72. The molecule has 0 aliphatic heterocycles. The van der Waals surface area contributed by atoms with E-state index in [9.17, 15) is 9.77 Å². The van der Waals surface area contributed by atoms with E-state index in [0.717, 1.165) is 22.3 Å². The number of para-hydroxylation sites is 2. The van der Waals surface area contributed by atoms with Crippen LogP contribution in [0.15, 0.2) is 71.4 Å². The number of benzene rings is 3. The van der Waals surface area contributed by atoms with Crippen LogP contribution in [0, 0.1) is 32.9 Å². The second-order valence-electron chi connectivity index (χ2n) is 7.94. The number of aryl methyl sites for hydroxylation is 4. The summed E-state index contributed by atoms with van der Waals surface area (Å²) in [5.74, 6) is 0.779. The third kappa shape index (κ3) is 4.98. The summed E-state index contributed by atoms with van der Waals surface area (Å²) < 4.78 is 36.3. The molecule has 0 unspecified atom stereocenters. The monoisotopic (exact) mass is 480 g/mol. The Morgan fingerprint density at radius 3 is 1.82 bits per heavy atom. The maximum Gasteiger partial charge on any atom is 0.588 e. The van der Waals surface area contributed by atoms with Crippen molar-refractivity contribution in [2.75, 3.05) is 0 Å². The van der Waals surface area contributed by atoms with Gasteiger partial charge in [0, 0.05) is 10.7 Å². The normalized spacial score (nSPS) is 11.4. The minimum absolute atomic E-state index is 0.0432. The van der Waals surface area contributed by atoms with Gasteiger partial charge in [-0.05, 0) is 54.9 Å². The Hall–Kier alpha value is -3.61. The van der Waals surface area contributed by atoms with Gasteiger partial charge in [0.25, 0.3) is 5.69 Å². The lowest BCUT2D eigenvalue weighted by atomic mass is 10.1. The van der Waals surface area contributed by atoms with Crippen LogP contribution < -0.4 is 14.0 Å². The van der Waals surface area contributed by atoms with E-state index in [1.165, 1.54) is 0 Å². The summed E-state index contributed by atoms with van der Waals surface area (Å²) >= 11 is 0. The number of hydrogen-bond donors (Lipinski definition) is 0. The molecule has 0 N–H and O–H groups in total. The zero-order chi connectivity index (χ0) is 24.3. The van der Waals surface area contributed by atoms with E-state index in [1.807, 2.05) is 82.3 Å². The first-order chi connectivity index (χ1) is 16.3. The van der Waals surface area contributed by atoms with E-state index < -0.39 is 14.4 Å². The van der Waals surface area contributed by atoms with Crippen molar-refractivity contribution >= 4 is 7.82 Å². The summed E-state index contributed by atoms with van der Waals surface area (Å²) in [4.78, 5) is 0.227. The number of nitrogens with zero attached hydrogens (tertiary/aromatic N) is 2. The SMILES string of the molecule is Cc1cccc(C)c1OP(=O)(OCc1c(-c2ccccc2)no[n+]1[O-])Oc1c(C)cccc1C. The highest BCUT2D eigenvalue weighted by atomic mass is 31.2. The van der Waals surface area contributed by atoms with Gasteiger partial charge >= 0.3 is 7.82 Å². The maximum absolute atomic E-state index is 14.0. The van der Waals surface area contributed by atoms with Crippen molar-refractivity contribution in [3.05, 3.63) is 99.9 Å². The first kappa shape index (κ1) is 23.5. The van der Waals surface area contributed by atoms with Gasteiger partial charge in [-0.2, -0.15) is 0 Å². The van der Waals surface area contributed by atoms with E-state index >= 15 is 0 Å². The predicted octanol–water partition coefficient (Wildman–Crippen LogP) is 5.99. The highest BCUT2D eigenvalue weighted by Gasteiger charge is 2.35. The van der Waals surface area contributed by atoms with Crippen LogP contribution in [-0.2, 0) is 15.7 Å². The van der Waals surface area contributed by atoms with E-state index in [4.69, 9.17) is 18.2 Å². The molecule has 0 radical (unpaired) electrons. The van der Waals surface area contributed by atoms with Crippen LogP contribution in [0.25, 0.3) is 11.3 Å². The average molecular weight is 480 g/mol. The zero-order valence-corrected chi connectivity index (χ0v) is 20.2. The summed E-state index contributed by atoms with van der Waals surface area (Å²) in [7, 11) is -4.26. The molecule has 0 amide bonds. The minimum Gasteiger partial charge on any atom is -0.394 e. The molecule has 1 aromatic heterocycles. The van der Waals surface area contributed by atoms with Crippen molar-refractivity contribution in [3.63, 3.8) is 0 Å². The highest BCUT2D eigenvalue weighted by molar-refractivity contribution is 7.49. The Balaban J connectivity index is 1.70. The predicted molar refractivity (Wildman–Crippen MR) is 126 cm³/mol. The lowest BCUT2D eigenvalue weighted by molar-refractivity contribution is -0.808. The van der Waals surface area contributed by atoms with E-state index in [2.05, 4.69) is 5.16 Å². The Morgan fingerprint density at radius 1 is 0.824 bits per heavy atom. The zero-order valence-electron chi connectivity index (χ0n) is 19.3. The molecule has 176 valence electrons. The van der Waals surface area contributed by atoms with Gasteiger partial charge in [0.1, 0.15) is 18.1 Å². The fourth-order valence-corrected chi connectivity index (χ4v) is 4.97. The summed E-state index contributed by atoms with van der Waals surface area (Å²) in [5.41, 5.74) is 4.04. The van der Waals surface area contributed by atoms with Crippen molar-refractivity contribution in [2.24, 2.45) is 0 Å². The van der Waals surface area contributed by atoms with Crippen LogP contribution in [0.3, 0.4) is 0 Å². The number of phosphoric ester groups is 1. The molecule has 0 saturated carbocycles. The Bertz CT molecular complexity index is 1260. The molecule has 0 saturated heterocycles. The van der Waals surface area contributed by atoms with Crippen molar-refractivity contribution < 1.29 is 27.7 Å². The van der Waals surface area contributed by atoms with Gasteiger partial charge in [0.15, 0.2) is 0 Å². The molecule has 0 aliphatic rings. The maximum atomic E-state index is 14.0. The molecular weight excluding hydrogens is 455 g/mol. The summed E-state index contributed by atoms with van der Waals surface area (Å²) in [5, 5.41) is 16.1. The second-order valence-corrected chi connectivity index (χ2v) is 9.45. The molecule has 0 aliphatic carbocycles. The third-order valence-corrected chi connectivity index (χ3v) is 6.59. The average Bonchev–Trinajstić information content (AvgIpc) is 3.19. The van der Waals surface area contributed by atoms with Crippen LogP contribution in [-0.4, -0.2) is 5.16 Å². The van der Waals surface area contributed by atoms with Crippen LogP contribution in [0.1, 0.15) is 27.9 Å². The van der Waals surface area contributed by atoms with Gasteiger partial charge in [-0.1, -0.05) is 66.7 Å². The van der Waals surface area contributed by atoms with Crippen LogP contribution in [0.4, 0.5) is 0 Å². The lowest BCUT2D eigenvalue weighted by Gasteiger charge is -2.22. The van der Waals surface area contributed by atoms with Gasteiger partial charge in [-0.25, -0.2) is 4.57 Å². The summed E-state index contributed by atoms with van der Waals surface area (Å²) in [6.45, 7) is 6.94. The van der Waals surface area contributed by atoms with Crippen LogP contribution in [0.2, 0.25) is 0 Å². The molecule has 3 aromatic carbocycles. The van der Waals surface area contributed by atoms with Gasteiger partial charge in [0.2, 0.25) is 5.69 Å². The van der Waals surface area contributed by atoms with Crippen molar-refractivity contribution in [3.8, 4) is 22.8 Å². The van der Waals surface area contributed by atoms with E-state index in [1.54, 1.807) is 12.1 Å². The first-order valence-corrected chi connectivity index (χ1v) is 12.1. The standard InChI is InChI=1S/C25H25N2O6P/c1-17-10-8-11-18(2)24(17)31-34(29,32-25-19(3)12-9-13-20(25)4)30-16-22-23(26-33-27(22)28)21-14-6-5-7-15-21/h5-15H,16H2,1-4H3. The largest absolute Gasteiger partial charge is 0.588 e. The quantitative estimate of drug-likeness (QED) is 0.226. The molecule has 1 heterocycles. The topological polar surface area (TPSA) is 97.7 Å². The summed E-state index contributed by atoms with van der Waals surface area (Å²) in [6.07, 6.45) is 0.